The molecule has 0 aromatic carbocycles. The van der Waals surface area contributed by atoms with E-state index in [0.717, 1.165) is 31.4 Å². The van der Waals surface area contributed by atoms with E-state index in [1.54, 1.807) is 17.8 Å². The number of carbonyl (C=O) groups excluding carboxylic acids is 1. The van der Waals surface area contributed by atoms with E-state index in [9.17, 15) is 9.90 Å². The number of nitrogens with one attached hydrogen (secondary N) is 1. The number of esters is 1. The van der Waals surface area contributed by atoms with Crippen LogP contribution in [0.15, 0.2) is 6.20 Å². The van der Waals surface area contributed by atoms with E-state index in [4.69, 9.17) is 4.74 Å². The summed E-state index contributed by atoms with van der Waals surface area (Å²) in [4.78, 5) is 11.9. The minimum atomic E-state index is -0.343. The second-order valence-electron chi connectivity index (χ2n) is 5.70. The van der Waals surface area contributed by atoms with Gasteiger partial charge in [0, 0.05) is 19.1 Å². The molecule has 1 heterocycles. The first kappa shape index (κ1) is 16.0. The Kier molecular flexibility index (Phi) is 5.36. The van der Waals surface area contributed by atoms with Gasteiger partial charge in [0.25, 0.3) is 0 Å². The van der Waals surface area contributed by atoms with Crippen LogP contribution in [0.5, 0.6) is 0 Å². The van der Waals surface area contributed by atoms with Crippen molar-refractivity contribution in [2.75, 3.05) is 13.2 Å². The third-order valence-electron chi connectivity index (χ3n) is 4.30. The van der Waals surface area contributed by atoms with Crippen LogP contribution < -0.4 is 5.32 Å². The predicted molar refractivity (Wildman–Crippen MR) is 78.9 cm³/mol. The van der Waals surface area contributed by atoms with Crippen molar-refractivity contribution >= 4 is 5.97 Å². The molecule has 1 aliphatic rings. The fraction of sp³-hybridized carbons (Fsp3) is 0.733. The van der Waals surface area contributed by atoms with Crippen molar-refractivity contribution in [1.29, 1.82) is 0 Å². The molecule has 0 aliphatic heterocycles. The minimum Gasteiger partial charge on any atom is -0.462 e. The largest absolute Gasteiger partial charge is 0.462 e. The van der Waals surface area contributed by atoms with Gasteiger partial charge in [0.2, 0.25) is 0 Å². The zero-order chi connectivity index (χ0) is 15.3. The lowest BCUT2D eigenvalue weighted by atomic mass is 9.82. The van der Waals surface area contributed by atoms with Gasteiger partial charge in [0.05, 0.1) is 25.1 Å². The number of nitrogens with zero attached hydrogens (tertiary/aromatic N) is 2. The van der Waals surface area contributed by atoms with Crippen molar-refractivity contribution < 1.29 is 14.6 Å². The lowest BCUT2D eigenvalue weighted by molar-refractivity contribution is 0.0524. The topological polar surface area (TPSA) is 76.4 Å². The van der Waals surface area contributed by atoms with Crippen molar-refractivity contribution in [2.24, 2.45) is 7.05 Å². The van der Waals surface area contributed by atoms with Crippen molar-refractivity contribution in [3.8, 4) is 0 Å². The molecule has 0 unspecified atom stereocenters. The van der Waals surface area contributed by atoms with Gasteiger partial charge in [-0.2, -0.15) is 5.10 Å². The monoisotopic (exact) mass is 295 g/mol. The molecule has 2 N–H and O–H groups in total. The molecule has 0 bridgehead atoms. The van der Waals surface area contributed by atoms with Crippen LogP contribution in [-0.4, -0.2) is 39.6 Å². The number of aryl methyl sites for hydroxylation is 1. The van der Waals surface area contributed by atoms with Gasteiger partial charge in [-0.1, -0.05) is 19.3 Å². The van der Waals surface area contributed by atoms with E-state index < -0.39 is 0 Å². The van der Waals surface area contributed by atoms with Crippen molar-refractivity contribution in [2.45, 2.75) is 51.1 Å². The number of rotatable bonds is 6. The Labute approximate surface area is 125 Å². The summed E-state index contributed by atoms with van der Waals surface area (Å²) in [6.07, 6.45) is 6.96. The molecule has 6 nitrogen and oxygen atoms in total. The fourth-order valence-electron chi connectivity index (χ4n) is 2.94. The second-order valence-corrected chi connectivity index (χ2v) is 5.70. The van der Waals surface area contributed by atoms with Crippen LogP contribution in [0.1, 0.15) is 55.1 Å². The normalized spacial score (nSPS) is 17.7. The fourth-order valence-corrected chi connectivity index (χ4v) is 2.94. The molecule has 0 saturated heterocycles. The van der Waals surface area contributed by atoms with Crippen LogP contribution in [0.3, 0.4) is 0 Å². The Morgan fingerprint density at radius 3 is 2.81 bits per heavy atom. The molecule has 2 rings (SSSR count). The maximum Gasteiger partial charge on any atom is 0.341 e. The molecule has 6 heteroatoms. The van der Waals surface area contributed by atoms with E-state index in [0.29, 0.717) is 18.7 Å². The molecular weight excluding hydrogens is 270 g/mol. The summed E-state index contributed by atoms with van der Waals surface area (Å²) in [6, 6.07) is 0. The van der Waals surface area contributed by atoms with Crippen LogP contribution >= 0.6 is 0 Å². The molecule has 21 heavy (non-hydrogen) atoms. The van der Waals surface area contributed by atoms with Gasteiger partial charge < -0.3 is 15.2 Å². The van der Waals surface area contributed by atoms with E-state index in [2.05, 4.69) is 10.4 Å². The Balaban J connectivity index is 2.08. The molecule has 0 atom stereocenters. The highest BCUT2D eigenvalue weighted by Gasteiger charge is 2.31. The smallest absolute Gasteiger partial charge is 0.341 e. The molecule has 1 aromatic rings. The SMILES string of the molecule is CCOC(=O)c1cnn(C)c1CNC1(CO)CCCCC1. The van der Waals surface area contributed by atoms with Crippen LogP contribution in [0.25, 0.3) is 0 Å². The van der Waals surface area contributed by atoms with E-state index in [1.807, 2.05) is 7.05 Å². The van der Waals surface area contributed by atoms with E-state index >= 15 is 0 Å². The number of hydrogen-bond acceptors (Lipinski definition) is 5. The average Bonchev–Trinajstić information content (AvgIpc) is 2.87. The summed E-state index contributed by atoms with van der Waals surface area (Å²) in [6.45, 7) is 2.76. The first-order chi connectivity index (χ1) is 10.1. The van der Waals surface area contributed by atoms with Gasteiger partial charge in [0.1, 0.15) is 5.56 Å². The predicted octanol–water partition coefficient (Wildman–Crippen LogP) is 1.38. The summed E-state index contributed by atoms with van der Waals surface area (Å²) in [5, 5.41) is 17.3. The highest BCUT2D eigenvalue weighted by Crippen LogP contribution is 2.28. The molecule has 1 aromatic heterocycles. The van der Waals surface area contributed by atoms with Crippen LogP contribution in [0.2, 0.25) is 0 Å². The summed E-state index contributed by atoms with van der Waals surface area (Å²) in [7, 11) is 1.81. The van der Waals surface area contributed by atoms with Gasteiger partial charge in [0.15, 0.2) is 0 Å². The third kappa shape index (κ3) is 3.63. The summed E-state index contributed by atoms with van der Waals surface area (Å²) in [5.41, 5.74) is 1.07. The molecule has 1 aliphatic carbocycles. The maximum absolute atomic E-state index is 11.9. The number of ether oxygens (including phenoxy) is 1. The number of hydrogen-bond donors (Lipinski definition) is 2. The number of aromatic nitrogens is 2. The number of carbonyl (C=O) groups is 1. The first-order valence-electron chi connectivity index (χ1n) is 7.66. The lowest BCUT2D eigenvalue weighted by Gasteiger charge is -2.36. The van der Waals surface area contributed by atoms with Gasteiger partial charge >= 0.3 is 5.97 Å². The molecule has 0 amide bonds. The Morgan fingerprint density at radius 2 is 2.19 bits per heavy atom. The second kappa shape index (κ2) is 7.04. The standard InChI is InChI=1S/C15H25N3O3/c1-3-21-14(20)12-9-17-18(2)13(12)10-16-15(11-19)7-5-4-6-8-15/h9,16,19H,3-8,10-11H2,1-2H3. The van der Waals surface area contributed by atoms with Crippen LogP contribution in [0.4, 0.5) is 0 Å². The van der Waals surface area contributed by atoms with Crippen molar-refractivity contribution in [3.63, 3.8) is 0 Å². The Hall–Kier alpha value is -1.40. The highest BCUT2D eigenvalue weighted by atomic mass is 16.5. The molecule has 0 spiro atoms. The Morgan fingerprint density at radius 1 is 1.48 bits per heavy atom. The maximum atomic E-state index is 11.9. The van der Waals surface area contributed by atoms with Crippen LogP contribution in [0, 0.1) is 0 Å². The molecule has 1 saturated carbocycles. The van der Waals surface area contributed by atoms with E-state index in [1.165, 1.54) is 6.42 Å². The quantitative estimate of drug-likeness (QED) is 0.775. The van der Waals surface area contributed by atoms with E-state index in [-0.39, 0.29) is 18.1 Å². The van der Waals surface area contributed by atoms with Crippen molar-refractivity contribution in [1.82, 2.24) is 15.1 Å². The zero-order valence-corrected chi connectivity index (χ0v) is 12.9. The molecular formula is C15H25N3O3. The molecule has 1 fully saturated rings. The molecule has 0 radical (unpaired) electrons. The average molecular weight is 295 g/mol. The lowest BCUT2D eigenvalue weighted by Crippen LogP contribution is -2.49. The van der Waals surface area contributed by atoms with Gasteiger partial charge in [-0.25, -0.2) is 4.79 Å². The van der Waals surface area contributed by atoms with Gasteiger partial charge in [-0.05, 0) is 19.8 Å². The number of aliphatic hydroxyl groups is 1. The number of aliphatic hydroxyl groups excluding tert-OH is 1. The first-order valence-corrected chi connectivity index (χ1v) is 7.66. The zero-order valence-electron chi connectivity index (χ0n) is 12.9. The summed E-state index contributed by atoms with van der Waals surface area (Å²) >= 11 is 0. The van der Waals surface area contributed by atoms with Gasteiger partial charge in [-0.3, -0.25) is 4.68 Å². The highest BCUT2D eigenvalue weighted by molar-refractivity contribution is 5.90. The summed E-state index contributed by atoms with van der Waals surface area (Å²) in [5.74, 6) is -0.343. The summed E-state index contributed by atoms with van der Waals surface area (Å²) < 4.78 is 6.74. The molecule has 118 valence electrons. The van der Waals surface area contributed by atoms with Gasteiger partial charge in [-0.15, -0.1) is 0 Å². The van der Waals surface area contributed by atoms with Crippen molar-refractivity contribution in [3.05, 3.63) is 17.5 Å². The minimum absolute atomic E-state index is 0.125. The van der Waals surface area contributed by atoms with Crippen LogP contribution in [-0.2, 0) is 18.3 Å². The third-order valence-corrected chi connectivity index (χ3v) is 4.30. The Bertz CT molecular complexity index is 479.